The van der Waals surface area contributed by atoms with Crippen molar-refractivity contribution in [1.82, 2.24) is 9.97 Å². The molecule has 0 saturated heterocycles. The van der Waals surface area contributed by atoms with Gasteiger partial charge >= 0.3 is 73.5 Å². The van der Waals surface area contributed by atoms with Gasteiger partial charge in [0.15, 0.2) is 0 Å². The first kappa shape index (κ1) is 24.8. The number of imidazole rings is 1. The first-order valence-corrected chi connectivity index (χ1v) is 4.25. The molecule has 0 aliphatic carbocycles. The molecule has 7 heteroatoms. The molecule has 1 N–H and O–H groups in total. The average Bonchev–Trinajstić information content (AvgIpc) is 2.27. The SMILES string of the molecule is C.[Cl-].[Cl-].[Cl-].[Cl-].[Zr+4][c]1nc2ccccc2[nH]1. The number of aromatic nitrogens is 2. The van der Waals surface area contributed by atoms with Crippen LogP contribution >= 0.6 is 0 Å². The van der Waals surface area contributed by atoms with Crippen LogP contribution in [0.5, 0.6) is 0 Å². The summed E-state index contributed by atoms with van der Waals surface area (Å²) in [6.07, 6.45) is 0. The Kier molecular flexibility index (Phi) is 18.6. The maximum atomic E-state index is 4.30. The third-order valence-electron chi connectivity index (χ3n) is 1.39. The summed E-state index contributed by atoms with van der Waals surface area (Å²) in [4.78, 5) is 7.48. The van der Waals surface area contributed by atoms with E-state index in [9.17, 15) is 0 Å². The fourth-order valence-corrected chi connectivity index (χ4v) is 1.58. The number of nitrogens with zero attached hydrogens (tertiary/aromatic N) is 1. The average molecular weight is 366 g/mol. The number of benzene rings is 1. The first-order valence-electron chi connectivity index (χ1n) is 3.02. The summed E-state index contributed by atoms with van der Waals surface area (Å²) in [5, 5.41) is 0. The Morgan fingerprint density at radius 2 is 1.53 bits per heavy atom. The maximum absolute atomic E-state index is 4.30. The Balaban J connectivity index is -0.000000121. The van der Waals surface area contributed by atoms with Crippen molar-refractivity contribution < 1.29 is 74.3 Å². The number of H-pyrrole nitrogens is 1. The zero-order valence-electron chi connectivity index (χ0n) is 6.77. The number of fused-ring (bicyclic) bond motifs is 1. The topological polar surface area (TPSA) is 28.7 Å². The molecule has 15 heavy (non-hydrogen) atoms. The number of halogens is 4. The van der Waals surface area contributed by atoms with Gasteiger partial charge < -0.3 is 49.6 Å². The van der Waals surface area contributed by atoms with E-state index >= 15 is 0 Å². The normalized spacial score (nSPS) is 7.07. The van der Waals surface area contributed by atoms with E-state index < -0.39 is 0 Å². The van der Waals surface area contributed by atoms with Crippen molar-refractivity contribution in [2.24, 2.45) is 0 Å². The standard InChI is InChI=1S/C7H5N2.CH4.4ClH.Zr/c1-2-4-7-6(3-1)8-5-9-7;;;;;;/h1-4H,(H,8,9);1H4;4*1H;/q;;;;;;+4/p-4. The fraction of sp³-hybridized carbons (Fsp3) is 0.125. The van der Waals surface area contributed by atoms with Crippen molar-refractivity contribution in [2.45, 2.75) is 7.43 Å². The van der Waals surface area contributed by atoms with Gasteiger partial charge in [0.05, 0.1) is 0 Å². The van der Waals surface area contributed by atoms with Crippen molar-refractivity contribution in [2.75, 3.05) is 0 Å². The van der Waals surface area contributed by atoms with E-state index in [1.54, 1.807) is 0 Å². The second-order valence-corrected chi connectivity index (χ2v) is 3.27. The van der Waals surface area contributed by atoms with Gasteiger partial charge in [-0.2, -0.15) is 0 Å². The van der Waals surface area contributed by atoms with Crippen LogP contribution in [0.2, 0.25) is 0 Å². The molecule has 0 amide bonds. The number of aromatic amines is 1. The van der Waals surface area contributed by atoms with Crippen molar-refractivity contribution in [3.05, 3.63) is 24.3 Å². The monoisotopic (exact) mass is 363 g/mol. The molecule has 1 aromatic carbocycles. The molecule has 2 nitrogen and oxygen atoms in total. The Labute approximate surface area is 129 Å². The number of rotatable bonds is 0. The van der Waals surface area contributed by atoms with E-state index in [-0.39, 0.29) is 57.1 Å². The van der Waals surface area contributed by atoms with Crippen LogP contribution < -0.4 is 53.2 Å². The molecule has 83 valence electrons. The quantitative estimate of drug-likeness (QED) is 0.493. The molecule has 1 heterocycles. The van der Waals surface area contributed by atoms with Crippen molar-refractivity contribution >= 4 is 14.6 Å². The summed E-state index contributed by atoms with van der Waals surface area (Å²) in [5.41, 5.74) is 2.20. The first-order chi connectivity index (χ1) is 4.86. The summed E-state index contributed by atoms with van der Waals surface area (Å²) in [6.45, 7) is 0. The molecule has 2 rings (SSSR count). The fourth-order valence-electron chi connectivity index (χ4n) is 0.953. The van der Waals surface area contributed by atoms with Crippen molar-refractivity contribution in [3.8, 4) is 0 Å². The van der Waals surface area contributed by atoms with E-state index in [1.165, 1.54) is 24.7 Å². The molecular formula is C8H9Cl4N2Zr. The summed E-state index contributed by atoms with van der Waals surface area (Å²) >= 11 is 1.33. The summed E-state index contributed by atoms with van der Waals surface area (Å²) in [7, 11) is 0. The van der Waals surface area contributed by atoms with Gasteiger partial charge in [-0.05, 0) is 0 Å². The molecule has 0 unspecified atom stereocenters. The third kappa shape index (κ3) is 6.13. The number of nitrogens with one attached hydrogen (secondary N) is 1. The summed E-state index contributed by atoms with van der Waals surface area (Å²) < 4.78 is 1.06. The second kappa shape index (κ2) is 11.2. The Morgan fingerprint density at radius 3 is 2.07 bits per heavy atom. The van der Waals surface area contributed by atoms with Crippen LogP contribution in [0.4, 0.5) is 0 Å². The summed E-state index contributed by atoms with van der Waals surface area (Å²) in [5.74, 6) is 0. The van der Waals surface area contributed by atoms with Gasteiger partial charge in [-0.25, -0.2) is 0 Å². The number of para-hydroxylation sites is 2. The van der Waals surface area contributed by atoms with E-state index in [0.717, 1.165) is 14.6 Å². The predicted molar refractivity (Wildman–Crippen MR) is 42.5 cm³/mol. The molecule has 1 aromatic heterocycles. The Bertz CT molecular complexity index is 333. The molecule has 0 radical (unpaired) electrons. The minimum atomic E-state index is 0. The van der Waals surface area contributed by atoms with E-state index in [4.69, 9.17) is 0 Å². The van der Waals surface area contributed by atoms with Crippen LogP contribution in [-0.4, -0.2) is 9.97 Å². The van der Waals surface area contributed by atoms with E-state index in [0.29, 0.717) is 0 Å². The molecule has 0 bridgehead atoms. The van der Waals surface area contributed by atoms with Crippen LogP contribution in [0.25, 0.3) is 11.0 Å². The van der Waals surface area contributed by atoms with Crippen LogP contribution in [0.1, 0.15) is 7.43 Å². The molecule has 0 aliphatic heterocycles. The van der Waals surface area contributed by atoms with Gasteiger partial charge in [-0.15, -0.1) is 0 Å². The zero-order chi connectivity index (χ0) is 6.97. The molecule has 0 saturated carbocycles. The second-order valence-electron chi connectivity index (χ2n) is 2.10. The molecule has 2 aromatic rings. The molecule has 0 fully saturated rings. The molecule has 0 aliphatic rings. The van der Waals surface area contributed by atoms with Crippen LogP contribution in [0, 0.1) is 0 Å². The predicted octanol–water partition coefficient (Wildman–Crippen LogP) is -10.6. The van der Waals surface area contributed by atoms with Gasteiger partial charge in [0, 0.05) is 0 Å². The van der Waals surface area contributed by atoms with E-state index in [2.05, 4.69) is 9.97 Å². The number of hydrogen-bond donors (Lipinski definition) is 1. The third-order valence-corrected chi connectivity index (χ3v) is 1.97. The van der Waals surface area contributed by atoms with E-state index in [1.807, 2.05) is 24.3 Å². The molecular weight excluding hydrogens is 357 g/mol. The van der Waals surface area contributed by atoms with Crippen LogP contribution in [0.3, 0.4) is 0 Å². The number of hydrogen-bond acceptors (Lipinski definition) is 1. The molecule has 0 spiro atoms. The molecule has 0 atom stereocenters. The van der Waals surface area contributed by atoms with Gasteiger partial charge in [-0.1, -0.05) is 7.43 Å². The Morgan fingerprint density at radius 1 is 1.00 bits per heavy atom. The minimum absolute atomic E-state index is 0. The van der Waals surface area contributed by atoms with Gasteiger partial charge in [0.1, 0.15) is 0 Å². The van der Waals surface area contributed by atoms with Crippen molar-refractivity contribution in [3.63, 3.8) is 0 Å². The van der Waals surface area contributed by atoms with Crippen LogP contribution in [-0.2, 0) is 24.7 Å². The van der Waals surface area contributed by atoms with Crippen LogP contribution in [0.15, 0.2) is 24.3 Å². The van der Waals surface area contributed by atoms with Gasteiger partial charge in [0.2, 0.25) is 0 Å². The van der Waals surface area contributed by atoms with Gasteiger partial charge in [-0.3, -0.25) is 0 Å². The summed E-state index contributed by atoms with van der Waals surface area (Å²) in [6, 6.07) is 8.06. The van der Waals surface area contributed by atoms with Gasteiger partial charge in [0.25, 0.3) is 0 Å². The zero-order valence-corrected chi connectivity index (χ0v) is 12.3. The Hall–Kier alpha value is 0.733. The van der Waals surface area contributed by atoms with Crippen molar-refractivity contribution in [1.29, 1.82) is 0 Å².